The first-order valence-electron chi connectivity index (χ1n) is 8.94. The van der Waals surface area contributed by atoms with E-state index in [0.29, 0.717) is 29.9 Å². The molecule has 0 atom stereocenters. The van der Waals surface area contributed by atoms with Gasteiger partial charge >= 0.3 is 5.97 Å². The van der Waals surface area contributed by atoms with Gasteiger partial charge in [0.25, 0.3) is 0 Å². The molecule has 1 aliphatic heterocycles. The fourth-order valence-corrected chi connectivity index (χ4v) is 3.51. The number of nitrogens with one attached hydrogen (secondary N) is 1. The van der Waals surface area contributed by atoms with Crippen LogP contribution in [0.15, 0.2) is 48.5 Å². The molecule has 0 radical (unpaired) electrons. The standard InChI is InChI=1S/C21H18FN3O3/c22-14-6-7-17-15(10-14)19(21(27)28)16(12-25-9-8-23-11-18(25)26)20(24-17)13-4-2-1-3-5-13/h1-7,10,23H,8-9,11-12H2,(H,27,28). The lowest BCUT2D eigenvalue weighted by molar-refractivity contribution is -0.132. The molecule has 1 aliphatic rings. The molecular formula is C21H18FN3O3. The van der Waals surface area contributed by atoms with Gasteiger partial charge in [0.1, 0.15) is 5.82 Å². The van der Waals surface area contributed by atoms with Crippen molar-refractivity contribution in [3.63, 3.8) is 0 Å². The third kappa shape index (κ3) is 3.32. The molecular weight excluding hydrogens is 361 g/mol. The van der Waals surface area contributed by atoms with E-state index in [0.717, 1.165) is 5.56 Å². The van der Waals surface area contributed by atoms with Crippen molar-refractivity contribution >= 4 is 22.8 Å². The van der Waals surface area contributed by atoms with Crippen LogP contribution in [0.3, 0.4) is 0 Å². The second-order valence-electron chi connectivity index (χ2n) is 6.64. The maximum atomic E-state index is 13.9. The highest BCUT2D eigenvalue weighted by Gasteiger charge is 2.26. The number of rotatable bonds is 4. The van der Waals surface area contributed by atoms with Crippen molar-refractivity contribution in [1.82, 2.24) is 15.2 Å². The zero-order valence-corrected chi connectivity index (χ0v) is 15.0. The van der Waals surface area contributed by atoms with Crippen LogP contribution in [0, 0.1) is 5.82 Å². The molecule has 7 heteroatoms. The van der Waals surface area contributed by atoms with E-state index in [2.05, 4.69) is 10.3 Å². The molecule has 1 aromatic heterocycles. The van der Waals surface area contributed by atoms with Gasteiger partial charge in [-0.2, -0.15) is 0 Å². The maximum absolute atomic E-state index is 13.9. The Morgan fingerprint density at radius 1 is 1.21 bits per heavy atom. The molecule has 142 valence electrons. The summed E-state index contributed by atoms with van der Waals surface area (Å²) < 4.78 is 13.9. The maximum Gasteiger partial charge on any atom is 0.336 e. The summed E-state index contributed by atoms with van der Waals surface area (Å²) in [6, 6.07) is 13.1. The predicted octanol–water partition coefficient (Wildman–Crippen LogP) is 2.67. The van der Waals surface area contributed by atoms with Gasteiger partial charge in [-0.15, -0.1) is 0 Å². The number of benzene rings is 2. The van der Waals surface area contributed by atoms with Gasteiger partial charge < -0.3 is 15.3 Å². The van der Waals surface area contributed by atoms with Crippen molar-refractivity contribution in [2.75, 3.05) is 19.6 Å². The summed E-state index contributed by atoms with van der Waals surface area (Å²) >= 11 is 0. The molecule has 6 nitrogen and oxygen atoms in total. The van der Waals surface area contributed by atoms with E-state index < -0.39 is 11.8 Å². The fraction of sp³-hybridized carbons (Fsp3) is 0.190. The SMILES string of the molecule is O=C(O)c1c(CN2CCNCC2=O)c(-c2ccccc2)nc2ccc(F)cc12. The number of fused-ring (bicyclic) bond motifs is 1. The Bertz CT molecular complexity index is 1070. The summed E-state index contributed by atoms with van der Waals surface area (Å²) in [6.45, 7) is 1.41. The second kappa shape index (κ2) is 7.36. The average molecular weight is 379 g/mol. The van der Waals surface area contributed by atoms with Crippen molar-refractivity contribution in [3.8, 4) is 11.3 Å². The van der Waals surface area contributed by atoms with Crippen molar-refractivity contribution < 1.29 is 19.1 Å². The predicted molar refractivity (Wildman–Crippen MR) is 102 cm³/mol. The molecule has 0 bridgehead atoms. The summed E-state index contributed by atoms with van der Waals surface area (Å²) in [5.74, 6) is -1.82. The number of amides is 1. The Morgan fingerprint density at radius 2 is 2.00 bits per heavy atom. The number of halogens is 1. The van der Waals surface area contributed by atoms with E-state index in [9.17, 15) is 19.1 Å². The first-order valence-corrected chi connectivity index (χ1v) is 8.94. The summed E-state index contributed by atoms with van der Waals surface area (Å²) in [4.78, 5) is 30.7. The Labute approximate surface area is 160 Å². The Morgan fingerprint density at radius 3 is 2.71 bits per heavy atom. The lowest BCUT2D eigenvalue weighted by Gasteiger charge is -2.29. The molecule has 1 saturated heterocycles. The highest BCUT2D eigenvalue weighted by Crippen LogP contribution is 2.32. The number of carboxylic acids is 1. The number of pyridine rings is 1. The number of carbonyl (C=O) groups is 2. The van der Waals surface area contributed by atoms with Gasteiger partial charge in [0.05, 0.1) is 23.3 Å². The van der Waals surface area contributed by atoms with E-state index in [1.807, 2.05) is 30.3 Å². The average Bonchev–Trinajstić information content (AvgIpc) is 2.69. The summed E-state index contributed by atoms with van der Waals surface area (Å²) in [6.07, 6.45) is 0. The van der Waals surface area contributed by atoms with Gasteiger partial charge in [0, 0.05) is 36.1 Å². The number of carbonyl (C=O) groups excluding carboxylic acids is 1. The molecule has 0 aliphatic carbocycles. The molecule has 0 spiro atoms. The van der Waals surface area contributed by atoms with Gasteiger partial charge in [-0.1, -0.05) is 30.3 Å². The second-order valence-corrected chi connectivity index (χ2v) is 6.64. The van der Waals surface area contributed by atoms with Gasteiger partial charge in [-0.3, -0.25) is 4.79 Å². The zero-order chi connectivity index (χ0) is 19.7. The number of aromatic carboxylic acids is 1. The van der Waals surface area contributed by atoms with E-state index in [-0.39, 0.29) is 29.9 Å². The largest absolute Gasteiger partial charge is 0.478 e. The van der Waals surface area contributed by atoms with Crippen molar-refractivity contribution in [2.45, 2.75) is 6.54 Å². The van der Waals surface area contributed by atoms with Crippen LogP contribution in [0.1, 0.15) is 15.9 Å². The summed E-state index contributed by atoms with van der Waals surface area (Å²) in [5, 5.41) is 13.2. The number of carboxylic acid groups (broad SMARTS) is 1. The minimum Gasteiger partial charge on any atom is -0.478 e. The van der Waals surface area contributed by atoms with Crippen LogP contribution in [0.25, 0.3) is 22.2 Å². The molecule has 2 heterocycles. The lowest BCUT2D eigenvalue weighted by Crippen LogP contribution is -2.47. The highest BCUT2D eigenvalue weighted by molar-refractivity contribution is 6.05. The Balaban J connectivity index is 1.98. The van der Waals surface area contributed by atoms with Crippen LogP contribution in [0.5, 0.6) is 0 Å². The zero-order valence-electron chi connectivity index (χ0n) is 15.0. The molecule has 2 aromatic carbocycles. The molecule has 0 saturated carbocycles. The van der Waals surface area contributed by atoms with Gasteiger partial charge in [0.2, 0.25) is 5.91 Å². The van der Waals surface area contributed by atoms with Crippen LogP contribution in [-0.4, -0.2) is 46.5 Å². The van der Waals surface area contributed by atoms with Crippen molar-refractivity contribution in [1.29, 1.82) is 0 Å². The van der Waals surface area contributed by atoms with Crippen LogP contribution in [0.4, 0.5) is 4.39 Å². The molecule has 28 heavy (non-hydrogen) atoms. The molecule has 0 unspecified atom stereocenters. The fourth-order valence-electron chi connectivity index (χ4n) is 3.51. The molecule has 3 aromatic rings. The molecule has 2 N–H and O–H groups in total. The van der Waals surface area contributed by atoms with Crippen LogP contribution in [-0.2, 0) is 11.3 Å². The quantitative estimate of drug-likeness (QED) is 0.728. The number of hydrogen-bond acceptors (Lipinski definition) is 4. The molecule has 4 rings (SSSR count). The Hall–Kier alpha value is -3.32. The summed E-state index contributed by atoms with van der Waals surface area (Å²) in [7, 11) is 0. The highest BCUT2D eigenvalue weighted by atomic mass is 19.1. The normalized spacial score (nSPS) is 14.5. The van der Waals surface area contributed by atoms with Gasteiger partial charge in [-0.05, 0) is 18.2 Å². The first-order chi connectivity index (χ1) is 13.5. The molecule has 1 amide bonds. The van der Waals surface area contributed by atoms with E-state index in [1.54, 1.807) is 4.90 Å². The monoisotopic (exact) mass is 379 g/mol. The van der Waals surface area contributed by atoms with E-state index in [1.165, 1.54) is 18.2 Å². The van der Waals surface area contributed by atoms with Crippen LogP contribution >= 0.6 is 0 Å². The van der Waals surface area contributed by atoms with E-state index in [4.69, 9.17) is 0 Å². The van der Waals surface area contributed by atoms with Crippen molar-refractivity contribution in [2.24, 2.45) is 0 Å². The van der Waals surface area contributed by atoms with Crippen LogP contribution in [0.2, 0.25) is 0 Å². The number of piperazine rings is 1. The number of nitrogens with zero attached hydrogens (tertiary/aromatic N) is 2. The topological polar surface area (TPSA) is 82.5 Å². The smallest absolute Gasteiger partial charge is 0.336 e. The Kier molecular flexibility index (Phi) is 4.75. The van der Waals surface area contributed by atoms with Gasteiger partial charge in [-0.25, -0.2) is 14.2 Å². The third-order valence-electron chi connectivity index (χ3n) is 4.85. The summed E-state index contributed by atoms with van der Waals surface area (Å²) in [5.41, 5.74) is 2.02. The minimum atomic E-state index is -1.17. The lowest BCUT2D eigenvalue weighted by atomic mass is 9.96. The van der Waals surface area contributed by atoms with E-state index >= 15 is 0 Å². The third-order valence-corrected chi connectivity index (χ3v) is 4.85. The van der Waals surface area contributed by atoms with Gasteiger partial charge in [0.15, 0.2) is 0 Å². The number of aromatic nitrogens is 1. The van der Waals surface area contributed by atoms with Crippen LogP contribution < -0.4 is 5.32 Å². The first kappa shape index (κ1) is 18.1. The minimum absolute atomic E-state index is 0.0188. The molecule has 1 fully saturated rings. The number of hydrogen-bond donors (Lipinski definition) is 2. The van der Waals surface area contributed by atoms with Crippen molar-refractivity contribution in [3.05, 3.63) is 65.5 Å².